The number of piperidine rings is 1. The van der Waals surface area contributed by atoms with Gasteiger partial charge < -0.3 is 10.4 Å². The molecule has 18 heavy (non-hydrogen) atoms. The molecule has 1 rings (SSSR count). The Kier molecular flexibility index (Phi) is 5.14. The van der Waals surface area contributed by atoms with Crippen molar-refractivity contribution in [2.75, 3.05) is 13.1 Å². The molecule has 0 aromatic rings. The third kappa shape index (κ3) is 5.04. The molecule has 1 fully saturated rings. The van der Waals surface area contributed by atoms with Crippen LogP contribution in [0.2, 0.25) is 0 Å². The van der Waals surface area contributed by atoms with Crippen molar-refractivity contribution in [3.8, 4) is 0 Å². The average molecular weight is 256 g/mol. The molecule has 104 valence electrons. The first-order valence-corrected chi connectivity index (χ1v) is 6.55. The molecular weight excluding hydrogens is 232 g/mol. The Morgan fingerprint density at radius 2 is 1.78 bits per heavy atom. The van der Waals surface area contributed by atoms with Gasteiger partial charge in [-0.05, 0) is 33.6 Å². The highest BCUT2D eigenvalue weighted by Crippen LogP contribution is 2.20. The van der Waals surface area contributed by atoms with E-state index < -0.39 is 5.97 Å². The molecule has 0 aromatic heterocycles. The van der Waals surface area contributed by atoms with Crippen LogP contribution in [0, 0.1) is 0 Å². The molecule has 0 atom stereocenters. The van der Waals surface area contributed by atoms with Crippen LogP contribution in [-0.4, -0.2) is 46.6 Å². The van der Waals surface area contributed by atoms with Crippen LogP contribution in [0.1, 0.15) is 46.5 Å². The van der Waals surface area contributed by atoms with Gasteiger partial charge in [-0.2, -0.15) is 0 Å². The van der Waals surface area contributed by atoms with Crippen molar-refractivity contribution in [3.63, 3.8) is 0 Å². The van der Waals surface area contributed by atoms with Gasteiger partial charge in [-0.3, -0.25) is 14.5 Å². The maximum Gasteiger partial charge on any atom is 0.303 e. The molecule has 0 spiro atoms. The predicted molar refractivity (Wildman–Crippen MR) is 69.4 cm³/mol. The molecular formula is C13H24N2O3. The Hall–Kier alpha value is -1.10. The summed E-state index contributed by atoms with van der Waals surface area (Å²) in [7, 11) is 0. The lowest BCUT2D eigenvalue weighted by molar-refractivity contribution is -0.139. The Morgan fingerprint density at radius 3 is 2.22 bits per heavy atom. The van der Waals surface area contributed by atoms with Gasteiger partial charge in [-0.15, -0.1) is 0 Å². The number of hydrogen-bond acceptors (Lipinski definition) is 3. The van der Waals surface area contributed by atoms with E-state index in [-0.39, 0.29) is 30.3 Å². The Balaban J connectivity index is 2.27. The number of nitrogens with zero attached hydrogens (tertiary/aromatic N) is 1. The zero-order chi connectivity index (χ0) is 13.8. The van der Waals surface area contributed by atoms with Crippen LogP contribution in [0.25, 0.3) is 0 Å². The molecule has 1 aliphatic rings. The fraction of sp³-hybridized carbons (Fsp3) is 0.846. The smallest absolute Gasteiger partial charge is 0.303 e. The molecule has 1 amide bonds. The monoisotopic (exact) mass is 256 g/mol. The number of carboxylic acids is 1. The summed E-state index contributed by atoms with van der Waals surface area (Å²) in [6.45, 7) is 8.54. The number of carbonyl (C=O) groups excluding carboxylic acids is 1. The number of rotatable bonds is 4. The van der Waals surface area contributed by atoms with Crippen LogP contribution >= 0.6 is 0 Å². The molecule has 0 bridgehead atoms. The third-order valence-corrected chi connectivity index (χ3v) is 3.37. The van der Waals surface area contributed by atoms with Crippen molar-refractivity contribution in [2.24, 2.45) is 0 Å². The summed E-state index contributed by atoms with van der Waals surface area (Å²) in [4.78, 5) is 24.3. The van der Waals surface area contributed by atoms with E-state index in [2.05, 4.69) is 31.0 Å². The highest BCUT2D eigenvalue weighted by molar-refractivity contribution is 5.80. The fourth-order valence-corrected chi connectivity index (χ4v) is 2.21. The first kappa shape index (κ1) is 15.0. The predicted octanol–water partition coefficient (Wildman–Crippen LogP) is 1.23. The molecule has 0 aliphatic carbocycles. The van der Waals surface area contributed by atoms with E-state index >= 15 is 0 Å². The van der Waals surface area contributed by atoms with Gasteiger partial charge in [0.05, 0.1) is 6.42 Å². The Bertz CT molecular complexity index is 302. The molecule has 0 aromatic carbocycles. The molecule has 1 saturated heterocycles. The minimum atomic E-state index is -0.923. The first-order valence-electron chi connectivity index (χ1n) is 6.55. The van der Waals surface area contributed by atoms with Crippen molar-refractivity contribution < 1.29 is 14.7 Å². The summed E-state index contributed by atoms with van der Waals surface area (Å²) in [5.74, 6) is -1.07. The van der Waals surface area contributed by atoms with Crippen LogP contribution in [-0.2, 0) is 9.59 Å². The number of nitrogens with one attached hydrogen (secondary N) is 1. The fourth-order valence-electron chi connectivity index (χ4n) is 2.21. The van der Waals surface area contributed by atoms with E-state index in [1.165, 1.54) is 0 Å². The van der Waals surface area contributed by atoms with Gasteiger partial charge in [-0.1, -0.05) is 0 Å². The molecule has 2 N–H and O–H groups in total. The summed E-state index contributed by atoms with van der Waals surface area (Å²) in [6, 6.07) is 0.199. The lowest BCUT2D eigenvalue weighted by Crippen LogP contribution is -2.50. The topological polar surface area (TPSA) is 69.6 Å². The highest BCUT2D eigenvalue weighted by Gasteiger charge is 2.27. The number of hydrogen-bond donors (Lipinski definition) is 2. The van der Waals surface area contributed by atoms with Crippen molar-refractivity contribution >= 4 is 11.9 Å². The van der Waals surface area contributed by atoms with Gasteiger partial charge >= 0.3 is 5.97 Å². The molecule has 0 radical (unpaired) electrons. The summed E-state index contributed by atoms with van der Waals surface area (Å²) >= 11 is 0. The van der Waals surface area contributed by atoms with Gasteiger partial charge in [0.15, 0.2) is 0 Å². The minimum Gasteiger partial charge on any atom is -0.481 e. The summed E-state index contributed by atoms with van der Waals surface area (Å²) in [5.41, 5.74) is 0.179. The maximum atomic E-state index is 11.5. The van der Waals surface area contributed by atoms with E-state index in [4.69, 9.17) is 5.11 Å². The molecule has 1 aliphatic heterocycles. The van der Waals surface area contributed by atoms with Crippen LogP contribution in [0.4, 0.5) is 0 Å². The van der Waals surface area contributed by atoms with Crippen LogP contribution in [0.5, 0.6) is 0 Å². The minimum absolute atomic E-state index is 0.0782. The standard InChI is InChI=1S/C13H24N2O3/c1-13(2,3)15-8-6-10(7-9-15)14-11(16)4-5-12(17)18/h10H,4-9H2,1-3H3,(H,14,16)(H,17,18). The van der Waals surface area contributed by atoms with E-state index in [0.29, 0.717) is 0 Å². The number of likely N-dealkylation sites (tertiary alicyclic amines) is 1. The lowest BCUT2D eigenvalue weighted by Gasteiger charge is -2.41. The van der Waals surface area contributed by atoms with Crippen molar-refractivity contribution in [3.05, 3.63) is 0 Å². The van der Waals surface area contributed by atoms with Crippen LogP contribution < -0.4 is 5.32 Å². The number of carboxylic acid groups (broad SMARTS) is 1. The van der Waals surface area contributed by atoms with Gasteiger partial charge in [0, 0.05) is 31.1 Å². The Labute approximate surface area is 109 Å². The van der Waals surface area contributed by atoms with Crippen molar-refractivity contribution in [1.29, 1.82) is 0 Å². The molecule has 5 nitrogen and oxygen atoms in total. The Morgan fingerprint density at radius 1 is 1.22 bits per heavy atom. The van der Waals surface area contributed by atoms with Crippen molar-refractivity contribution in [2.45, 2.75) is 58.0 Å². The molecule has 0 saturated carbocycles. The van der Waals surface area contributed by atoms with Gasteiger partial charge in [0.25, 0.3) is 0 Å². The zero-order valence-corrected chi connectivity index (χ0v) is 11.5. The van der Waals surface area contributed by atoms with Gasteiger partial charge in [0.1, 0.15) is 0 Å². The quantitative estimate of drug-likeness (QED) is 0.793. The van der Waals surface area contributed by atoms with Gasteiger partial charge in [-0.25, -0.2) is 0 Å². The second-order valence-electron chi connectivity index (χ2n) is 5.89. The summed E-state index contributed by atoms with van der Waals surface area (Å²) in [6.07, 6.45) is 1.87. The largest absolute Gasteiger partial charge is 0.481 e. The van der Waals surface area contributed by atoms with E-state index in [1.54, 1.807) is 0 Å². The molecule has 5 heteroatoms. The third-order valence-electron chi connectivity index (χ3n) is 3.37. The van der Waals surface area contributed by atoms with Crippen molar-refractivity contribution in [1.82, 2.24) is 10.2 Å². The van der Waals surface area contributed by atoms with Crippen LogP contribution in [0.15, 0.2) is 0 Å². The molecule has 0 unspecified atom stereocenters. The van der Waals surface area contributed by atoms with E-state index in [9.17, 15) is 9.59 Å². The second kappa shape index (κ2) is 6.18. The highest BCUT2D eigenvalue weighted by atomic mass is 16.4. The van der Waals surface area contributed by atoms with Crippen LogP contribution in [0.3, 0.4) is 0 Å². The first-order chi connectivity index (χ1) is 8.29. The van der Waals surface area contributed by atoms with E-state index in [0.717, 1.165) is 25.9 Å². The zero-order valence-electron chi connectivity index (χ0n) is 11.5. The van der Waals surface area contributed by atoms with E-state index in [1.807, 2.05) is 0 Å². The number of amides is 1. The summed E-state index contributed by atoms with van der Waals surface area (Å²) < 4.78 is 0. The molecule has 1 heterocycles. The average Bonchev–Trinajstić information content (AvgIpc) is 2.26. The second-order valence-corrected chi connectivity index (χ2v) is 5.89. The lowest BCUT2D eigenvalue weighted by atomic mass is 9.98. The number of carbonyl (C=O) groups is 2. The van der Waals surface area contributed by atoms with Gasteiger partial charge in [0.2, 0.25) is 5.91 Å². The SMILES string of the molecule is CC(C)(C)N1CCC(NC(=O)CCC(=O)O)CC1. The summed E-state index contributed by atoms with van der Waals surface area (Å²) in [5, 5.41) is 11.4. The number of aliphatic carboxylic acids is 1. The maximum absolute atomic E-state index is 11.5. The normalized spacial score (nSPS) is 18.6.